The number of hydrogen-bond donors (Lipinski definition) is 2. The Labute approximate surface area is 125 Å². The third kappa shape index (κ3) is 3.25. The Bertz CT molecular complexity index is 643. The van der Waals surface area contributed by atoms with E-state index in [4.69, 9.17) is 5.73 Å². The van der Waals surface area contributed by atoms with Crippen LogP contribution < -0.4 is 11.1 Å². The van der Waals surface area contributed by atoms with Crippen molar-refractivity contribution in [3.8, 4) is 0 Å². The third-order valence-electron chi connectivity index (χ3n) is 3.72. The SMILES string of the molecule is CC(=O)Nc1cc(S(=O)(=O)N2CCCC2CN)ccc1C. The number of nitrogens with one attached hydrogen (secondary N) is 1. The second kappa shape index (κ2) is 6.13. The molecule has 0 radical (unpaired) electrons. The topological polar surface area (TPSA) is 92.5 Å². The lowest BCUT2D eigenvalue weighted by molar-refractivity contribution is -0.114. The Morgan fingerprint density at radius 3 is 2.81 bits per heavy atom. The van der Waals surface area contributed by atoms with E-state index in [9.17, 15) is 13.2 Å². The number of rotatable bonds is 4. The molecule has 1 amide bonds. The maximum atomic E-state index is 12.7. The van der Waals surface area contributed by atoms with Crippen LogP contribution in [0.5, 0.6) is 0 Å². The van der Waals surface area contributed by atoms with Crippen molar-refractivity contribution in [1.82, 2.24) is 4.31 Å². The Morgan fingerprint density at radius 1 is 1.48 bits per heavy atom. The highest BCUT2D eigenvalue weighted by molar-refractivity contribution is 7.89. The van der Waals surface area contributed by atoms with Crippen molar-refractivity contribution in [3.05, 3.63) is 23.8 Å². The molecule has 21 heavy (non-hydrogen) atoms. The summed E-state index contributed by atoms with van der Waals surface area (Å²) >= 11 is 0. The number of nitrogens with two attached hydrogens (primary N) is 1. The van der Waals surface area contributed by atoms with Gasteiger partial charge in [-0.25, -0.2) is 8.42 Å². The Balaban J connectivity index is 2.38. The van der Waals surface area contributed by atoms with E-state index < -0.39 is 10.0 Å². The van der Waals surface area contributed by atoms with Gasteiger partial charge in [-0.3, -0.25) is 4.79 Å². The van der Waals surface area contributed by atoms with E-state index in [2.05, 4.69) is 5.32 Å². The minimum Gasteiger partial charge on any atom is -0.329 e. The number of anilines is 1. The van der Waals surface area contributed by atoms with Gasteiger partial charge in [0.05, 0.1) is 4.90 Å². The molecule has 1 unspecified atom stereocenters. The summed E-state index contributed by atoms with van der Waals surface area (Å²) in [6.45, 7) is 4.03. The maximum Gasteiger partial charge on any atom is 0.243 e. The lowest BCUT2D eigenvalue weighted by atomic mass is 10.2. The molecule has 0 saturated carbocycles. The molecule has 1 atom stereocenters. The lowest BCUT2D eigenvalue weighted by Gasteiger charge is -2.23. The fourth-order valence-corrected chi connectivity index (χ4v) is 4.31. The molecule has 116 valence electrons. The quantitative estimate of drug-likeness (QED) is 0.870. The third-order valence-corrected chi connectivity index (χ3v) is 5.67. The molecule has 3 N–H and O–H groups in total. The van der Waals surface area contributed by atoms with Crippen molar-refractivity contribution in [3.63, 3.8) is 0 Å². The van der Waals surface area contributed by atoms with Gasteiger partial charge in [0.2, 0.25) is 15.9 Å². The molecular formula is C14H21N3O3S. The zero-order valence-corrected chi connectivity index (χ0v) is 13.1. The van der Waals surface area contributed by atoms with Crippen molar-refractivity contribution in [2.45, 2.75) is 37.6 Å². The standard InChI is InChI=1S/C14H21N3O3S/c1-10-5-6-13(8-14(10)16-11(2)18)21(19,20)17-7-3-4-12(17)9-15/h5-6,8,12H,3-4,7,9,15H2,1-2H3,(H,16,18). The van der Waals surface area contributed by atoms with Gasteiger partial charge >= 0.3 is 0 Å². The van der Waals surface area contributed by atoms with Crippen LogP contribution in [-0.4, -0.2) is 37.8 Å². The molecule has 1 aromatic rings. The summed E-state index contributed by atoms with van der Waals surface area (Å²) in [6.07, 6.45) is 1.62. The summed E-state index contributed by atoms with van der Waals surface area (Å²) in [5.74, 6) is -0.228. The monoisotopic (exact) mass is 311 g/mol. The van der Waals surface area contributed by atoms with Crippen molar-refractivity contribution < 1.29 is 13.2 Å². The fourth-order valence-electron chi connectivity index (χ4n) is 2.58. The van der Waals surface area contributed by atoms with Gasteiger partial charge in [0, 0.05) is 31.7 Å². The van der Waals surface area contributed by atoms with Gasteiger partial charge in [-0.2, -0.15) is 4.31 Å². The number of benzene rings is 1. The molecule has 1 aromatic carbocycles. The average molecular weight is 311 g/mol. The first kappa shape index (κ1) is 15.9. The van der Waals surface area contributed by atoms with Crippen LogP contribution in [0.25, 0.3) is 0 Å². The molecule has 2 rings (SSSR count). The van der Waals surface area contributed by atoms with Gasteiger partial charge in [-0.05, 0) is 37.5 Å². The van der Waals surface area contributed by atoms with Gasteiger partial charge in [-0.1, -0.05) is 6.07 Å². The van der Waals surface area contributed by atoms with Crippen LogP contribution >= 0.6 is 0 Å². The second-order valence-electron chi connectivity index (χ2n) is 5.31. The number of nitrogens with zero attached hydrogens (tertiary/aromatic N) is 1. The molecule has 0 bridgehead atoms. The predicted octanol–water partition coefficient (Wildman–Crippen LogP) is 1.07. The Hall–Kier alpha value is -1.44. The number of sulfonamides is 1. The number of carbonyl (C=O) groups is 1. The van der Waals surface area contributed by atoms with Crippen LogP contribution in [0, 0.1) is 6.92 Å². The fraction of sp³-hybridized carbons (Fsp3) is 0.500. The van der Waals surface area contributed by atoms with Gasteiger partial charge in [0.1, 0.15) is 0 Å². The van der Waals surface area contributed by atoms with Gasteiger partial charge in [0.25, 0.3) is 0 Å². The van der Waals surface area contributed by atoms with E-state index >= 15 is 0 Å². The molecule has 1 aliphatic rings. The first-order valence-corrected chi connectivity index (χ1v) is 8.40. The molecule has 0 spiro atoms. The first-order chi connectivity index (χ1) is 9.86. The summed E-state index contributed by atoms with van der Waals surface area (Å²) in [5, 5.41) is 2.65. The van der Waals surface area contributed by atoms with E-state index in [-0.39, 0.29) is 16.8 Å². The number of carbonyl (C=O) groups excluding carboxylic acids is 1. The summed E-state index contributed by atoms with van der Waals surface area (Å²) in [7, 11) is -3.57. The Kier molecular flexibility index (Phi) is 4.65. The minimum atomic E-state index is -3.57. The average Bonchev–Trinajstić information content (AvgIpc) is 2.89. The number of aryl methyl sites for hydroxylation is 1. The maximum absolute atomic E-state index is 12.7. The Morgan fingerprint density at radius 2 is 2.19 bits per heavy atom. The van der Waals surface area contributed by atoms with Crippen LogP contribution in [0.4, 0.5) is 5.69 Å². The first-order valence-electron chi connectivity index (χ1n) is 6.96. The van der Waals surface area contributed by atoms with E-state index in [1.807, 2.05) is 6.92 Å². The van der Waals surface area contributed by atoms with E-state index in [0.717, 1.165) is 18.4 Å². The van der Waals surface area contributed by atoms with E-state index in [1.165, 1.54) is 17.3 Å². The van der Waals surface area contributed by atoms with Crippen LogP contribution in [-0.2, 0) is 14.8 Å². The van der Waals surface area contributed by atoms with Gasteiger partial charge < -0.3 is 11.1 Å². The van der Waals surface area contributed by atoms with Crippen molar-refractivity contribution in [2.24, 2.45) is 5.73 Å². The summed E-state index contributed by atoms with van der Waals surface area (Å²) in [6, 6.07) is 4.64. The van der Waals surface area contributed by atoms with Crippen molar-refractivity contribution in [2.75, 3.05) is 18.4 Å². The van der Waals surface area contributed by atoms with Crippen molar-refractivity contribution >= 4 is 21.6 Å². The summed E-state index contributed by atoms with van der Waals surface area (Å²) in [4.78, 5) is 11.4. The minimum absolute atomic E-state index is 0.138. The highest BCUT2D eigenvalue weighted by atomic mass is 32.2. The largest absolute Gasteiger partial charge is 0.329 e. The van der Waals surface area contributed by atoms with Crippen molar-refractivity contribution in [1.29, 1.82) is 0 Å². The molecule has 1 heterocycles. The normalized spacial score (nSPS) is 19.7. The lowest BCUT2D eigenvalue weighted by Crippen LogP contribution is -2.39. The zero-order chi connectivity index (χ0) is 15.6. The van der Waals surface area contributed by atoms with E-state index in [0.29, 0.717) is 18.8 Å². The van der Waals surface area contributed by atoms with Crippen LogP contribution in [0.15, 0.2) is 23.1 Å². The second-order valence-corrected chi connectivity index (χ2v) is 7.20. The highest BCUT2D eigenvalue weighted by Crippen LogP contribution is 2.28. The number of hydrogen-bond acceptors (Lipinski definition) is 4. The molecule has 1 fully saturated rings. The van der Waals surface area contributed by atoms with Crippen LogP contribution in [0.3, 0.4) is 0 Å². The molecular weight excluding hydrogens is 290 g/mol. The molecule has 6 nitrogen and oxygen atoms in total. The summed E-state index contributed by atoms with van der Waals surface area (Å²) in [5.41, 5.74) is 7.00. The number of amides is 1. The van der Waals surface area contributed by atoms with Gasteiger partial charge in [-0.15, -0.1) is 0 Å². The van der Waals surface area contributed by atoms with Crippen LogP contribution in [0.1, 0.15) is 25.3 Å². The summed E-state index contributed by atoms with van der Waals surface area (Å²) < 4.78 is 26.9. The molecule has 7 heteroatoms. The zero-order valence-electron chi connectivity index (χ0n) is 12.3. The molecule has 0 aromatic heterocycles. The highest BCUT2D eigenvalue weighted by Gasteiger charge is 2.34. The van der Waals surface area contributed by atoms with Crippen LogP contribution in [0.2, 0.25) is 0 Å². The van der Waals surface area contributed by atoms with Gasteiger partial charge in [0.15, 0.2) is 0 Å². The molecule has 1 aliphatic heterocycles. The molecule has 1 saturated heterocycles. The van der Waals surface area contributed by atoms with E-state index in [1.54, 1.807) is 12.1 Å². The predicted molar refractivity (Wildman–Crippen MR) is 81.5 cm³/mol. The smallest absolute Gasteiger partial charge is 0.243 e. The molecule has 0 aliphatic carbocycles.